The number of aliphatic hydroxyl groups excluding tert-OH is 4. The van der Waals surface area contributed by atoms with Crippen molar-refractivity contribution in [3.63, 3.8) is 0 Å². The molecule has 6 N–H and O–H groups in total. The van der Waals surface area contributed by atoms with Crippen molar-refractivity contribution in [3.8, 4) is 0 Å². The van der Waals surface area contributed by atoms with Gasteiger partial charge in [0, 0.05) is 6.42 Å². The van der Waals surface area contributed by atoms with Crippen LogP contribution in [0, 0.1) is 0 Å². The number of allylic oxidation sites excluding steroid dienone is 3. The van der Waals surface area contributed by atoms with Crippen LogP contribution in [0.1, 0.15) is 412 Å². The van der Waals surface area contributed by atoms with E-state index in [1.54, 1.807) is 6.08 Å². The monoisotopic (exact) mass is 1310 g/mol. The molecule has 540 valence electrons. The molecule has 1 aliphatic rings. The molecule has 7 atom stereocenters. The summed E-state index contributed by atoms with van der Waals surface area (Å²) in [4.78, 5) is 13.2. The Hall–Kier alpha value is -1.42. The Morgan fingerprint density at radius 3 is 0.989 bits per heavy atom. The molecule has 0 aromatic rings. The minimum atomic E-state index is -5.10. The molecule has 7 unspecified atom stereocenters. The van der Waals surface area contributed by atoms with Crippen LogP contribution in [0.25, 0.3) is 0 Å². The summed E-state index contributed by atoms with van der Waals surface area (Å²) < 4.78 is 48.1. The first-order valence-electron chi connectivity index (χ1n) is 39.7. The van der Waals surface area contributed by atoms with E-state index in [-0.39, 0.29) is 18.9 Å². The van der Waals surface area contributed by atoms with Crippen LogP contribution in [0.5, 0.6) is 0 Å². The van der Waals surface area contributed by atoms with Crippen molar-refractivity contribution < 1.29 is 51.8 Å². The highest BCUT2D eigenvalue weighted by molar-refractivity contribution is 7.80. The maximum atomic E-state index is 13.2. The number of unbranched alkanes of at least 4 members (excludes halogenated alkanes) is 58. The van der Waals surface area contributed by atoms with Crippen LogP contribution in [0.2, 0.25) is 0 Å². The molecule has 13 heteroatoms. The van der Waals surface area contributed by atoms with Gasteiger partial charge in [-0.15, -0.1) is 0 Å². The fraction of sp³-hybridized carbons (Fsp3) is 0.936. The topological polar surface area (TPSA) is 192 Å². The number of hydrogen-bond donors (Lipinski definition) is 6. The standard InChI is InChI=1S/C78H151NO11S/c1-3-5-7-9-11-13-15-17-19-21-23-25-27-29-30-31-32-33-34-35-36-37-38-39-40-41-42-44-46-48-50-52-54-56-58-60-62-64-66-68-74(82)79-71(70-88-78-76(84)77(90-91(85,86)87)75(83)73(69-80)89-78)72(81)67-65-63-61-59-57-55-53-51-49-47-45-43-28-26-24-22-20-18-16-14-12-10-8-6-4-2/h35-36,65,67,71-73,75-78,80-81,83-84H,3-34,37-64,66,68-70H2,1-2H3,(H,79,82)(H,85,86,87)/b36-35-,67-65+. The van der Waals surface area contributed by atoms with Gasteiger partial charge in [0.2, 0.25) is 5.91 Å². The van der Waals surface area contributed by atoms with Crippen molar-refractivity contribution in [1.29, 1.82) is 0 Å². The van der Waals surface area contributed by atoms with E-state index < -0.39 is 59.9 Å². The lowest BCUT2D eigenvalue weighted by Crippen LogP contribution is -2.61. The fourth-order valence-electron chi connectivity index (χ4n) is 13.2. The van der Waals surface area contributed by atoms with Crippen molar-refractivity contribution in [1.82, 2.24) is 5.32 Å². The predicted molar refractivity (Wildman–Crippen MR) is 384 cm³/mol. The second-order valence-electron chi connectivity index (χ2n) is 28.0. The van der Waals surface area contributed by atoms with Crippen molar-refractivity contribution in [2.75, 3.05) is 13.2 Å². The van der Waals surface area contributed by atoms with Gasteiger partial charge in [0.05, 0.1) is 25.4 Å². The van der Waals surface area contributed by atoms with Gasteiger partial charge in [-0.3, -0.25) is 9.35 Å². The van der Waals surface area contributed by atoms with E-state index in [4.69, 9.17) is 9.47 Å². The van der Waals surface area contributed by atoms with E-state index in [9.17, 15) is 38.2 Å². The van der Waals surface area contributed by atoms with Crippen LogP contribution in [-0.4, -0.2) is 95.4 Å². The smallest absolute Gasteiger partial charge is 0.394 e. The molecule has 0 aliphatic carbocycles. The largest absolute Gasteiger partial charge is 0.397 e. The highest BCUT2D eigenvalue weighted by atomic mass is 32.3. The van der Waals surface area contributed by atoms with Crippen LogP contribution in [0.15, 0.2) is 24.3 Å². The fourth-order valence-corrected chi connectivity index (χ4v) is 13.7. The number of hydrogen-bond acceptors (Lipinski definition) is 10. The Morgan fingerprint density at radius 1 is 0.429 bits per heavy atom. The lowest BCUT2D eigenvalue weighted by molar-refractivity contribution is -0.298. The van der Waals surface area contributed by atoms with Crippen molar-refractivity contribution >= 4 is 16.3 Å². The molecule has 0 radical (unpaired) electrons. The summed E-state index contributed by atoms with van der Waals surface area (Å²) in [6.07, 6.45) is 80.1. The first kappa shape index (κ1) is 87.6. The maximum absolute atomic E-state index is 13.2. The summed E-state index contributed by atoms with van der Waals surface area (Å²) in [5.74, 6) is -0.253. The summed E-state index contributed by atoms with van der Waals surface area (Å²) >= 11 is 0. The van der Waals surface area contributed by atoms with Crippen LogP contribution in [0.3, 0.4) is 0 Å². The zero-order valence-corrected chi connectivity index (χ0v) is 60.5. The van der Waals surface area contributed by atoms with Gasteiger partial charge in [-0.2, -0.15) is 8.42 Å². The molecule has 0 saturated carbocycles. The zero-order valence-electron chi connectivity index (χ0n) is 59.7. The molecule has 0 aromatic heterocycles. The third kappa shape index (κ3) is 58.5. The van der Waals surface area contributed by atoms with E-state index >= 15 is 0 Å². The SMILES string of the molecule is CCCCCCCCCCCCCCCCCCCC/C=C\CCCCCCCCCCCCCCCCCCCC(=O)NC(COC1OC(CO)C(O)C(OS(=O)(=O)O)C1O)C(O)/C=C/CCCCCCCCCCCCCCCCCCCCCCCCC. The van der Waals surface area contributed by atoms with E-state index in [0.717, 1.165) is 38.5 Å². The van der Waals surface area contributed by atoms with Crippen LogP contribution in [0.4, 0.5) is 0 Å². The lowest BCUT2D eigenvalue weighted by atomic mass is 9.99. The Kier molecular flexibility index (Phi) is 64.6. The summed E-state index contributed by atoms with van der Waals surface area (Å²) in [6, 6.07) is -0.944. The van der Waals surface area contributed by atoms with Crippen molar-refractivity contribution in [2.24, 2.45) is 0 Å². The first-order chi connectivity index (χ1) is 44.5. The summed E-state index contributed by atoms with van der Waals surface area (Å²) in [5, 5.41) is 45.3. The number of ether oxygens (including phenoxy) is 2. The van der Waals surface area contributed by atoms with Crippen LogP contribution < -0.4 is 5.32 Å². The predicted octanol–water partition coefficient (Wildman–Crippen LogP) is 21.8. The lowest BCUT2D eigenvalue weighted by Gasteiger charge is -2.41. The molecule has 1 heterocycles. The van der Waals surface area contributed by atoms with Gasteiger partial charge in [0.25, 0.3) is 0 Å². The molecule has 1 rings (SSSR count). The maximum Gasteiger partial charge on any atom is 0.397 e. The number of rotatable bonds is 72. The van der Waals surface area contributed by atoms with Crippen molar-refractivity contribution in [2.45, 2.75) is 455 Å². The average molecular weight is 1310 g/mol. The van der Waals surface area contributed by atoms with Crippen molar-refractivity contribution in [3.05, 3.63) is 24.3 Å². The Labute approximate surface area is 563 Å². The third-order valence-electron chi connectivity index (χ3n) is 19.2. The van der Waals surface area contributed by atoms with Crippen LogP contribution in [-0.2, 0) is 28.9 Å². The second-order valence-corrected chi connectivity index (χ2v) is 29.1. The number of carbonyl (C=O) groups is 1. The zero-order chi connectivity index (χ0) is 66.0. The molecule has 0 aromatic carbocycles. The van der Waals surface area contributed by atoms with E-state index in [1.807, 2.05) is 6.08 Å². The molecule has 12 nitrogen and oxygen atoms in total. The molecule has 0 bridgehead atoms. The highest BCUT2D eigenvalue weighted by Crippen LogP contribution is 2.27. The summed E-state index contributed by atoms with van der Waals surface area (Å²) in [6.45, 7) is 3.48. The quantitative estimate of drug-likeness (QED) is 0.0193. The molecular formula is C78H151NO11S. The highest BCUT2D eigenvalue weighted by Gasteiger charge is 2.48. The van der Waals surface area contributed by atoms with E-state index in [0.29, 0.717) is 6.42 Å². The van der Waals surface area contributed by atoms with E-state index in [2.05, 4.69) is 35.5 Å². The Balaban J connectivity index is 2.16. The number of amides is 1. The number of aliphatic hydroxyl groups is 4. The van der Waals surface area contributed by atoms with E-state index in [1.165, 1.54) is 347 Å². The summed E-state index contributed by atoms with van der Waals surface area (Å²) in [7, 11) is -5.10. The van der Waals surface area contributed by atoms with Gasteiger partial charge in [-0.05, 0) is 44.9 Å². The van der Waals surface area contributed by atoms with Gasteiger partial charge >= 0.3 is 10.4 Å². The first-order valence-corrected chi connectivity index (χ1v) is 41.1. The minimum Gasteiger partial charge on any atom is -0.394 e. The molecular weight excluding hydrogens is 1160 g/mol. The minimum absolute atomic E-state index is 0.253. The van der Waals surface area contributed by atoms with Gasteiger partial charge in [0.1, 0.15) is 24.4 Å². The summed E-state index contributed by atoms with van der Waals surface area (Å²) in [5.41, 5.74) is 0. The molecule has 1 aliphatic heterocycles. The average Bonchev–Trinajstić information content (AvgIpc) is 1.72. The normalized spacial score (nSPS) is 17.9. The molecule has 1 saturated heterocycles. The van der Waals surface area contributed by atoms with Gasteiger partial charge in [-0.25, -0.2) is 4.18 Å². The van der Waals surface area contributed by atoms with Gasteiger partial charge < -0.3 is 35.2 Å². The molecule has 1 amide bonds. The third-order valence-corrected chi connectivity index (χ3v) is 19.7. The Morgan fingerprint density at radius 2 is 0.703 bits per heavy atom. The molecule has 1 fully saturated rings. The van der Waals surface area contributed by atoms with Gasteiger partial charge in [0.15, 0.2) is 6.29 Å². The second kappa shape index (κ2) is 67.2. The van der Waals surface area contributed by atoms with Gasteiger partial charge in [-0.1, -0.05) is 385 Å². The molecule has 91 heavy (non-hydrogen) atoms. The van der Waals surface area contributed by atoms with Crippen LogP contribution >= 0.6 is 0 Å². The Bertz CT molecular complexity index is 1680. The number of nitrogens with one attached hydrogen (secondary N) is 1. The number of carbonyl (C=O) groups excluding carboxylic acids is 1. The molecule has 0 spiro atoms.